The number of hydrogen-bond acceptors (Lipinski definition) is 4. The van der Waals surface area contributed by atoms with Gasteiger partial charge in [0.25, 0.3) is 5.91 Å². The van der Waals surface area contributed by atoms with Crippen LogP contribution in [0.25, 0.3) is 0 Å². The highest BCUT2D eigenvalue weighted by Crippen LogP contribution is 2.30. The van der Waals surface area contributed by atoms with Crippen LogP contribution in [0.1, 0.15) is 12.8 Å². The van der Waals surface area contributed by atoms with E-state index in [2.05, 4.69) is 10.4 Å². The summed E-state index contributed by atoms with van der Waals surface area (Å²) >= 11 is 0. The second-order valence-electron chi connectivity index (χ2n) is 5.54. The van der Waals surface area contributed by atoms with Gasteiger partial charge in [-0.3, -0.25) is 14.4 Å². The summed E-state index contributed by atoms with van der Waals surface area (Å²) in [5.41, 5.74) is -1.67. The van der Waals surface area contributed by atoms with Crippen LogP contribution in [0.5, 0.6) is 0 Å². The van der Waals surface area contributed by atoms with E-state index < -0.39 is 46.7 Å². The summed E-state index contributed by atoms with van der Waals surface area (Å²) in [6, 6.07) is -0.00716. The van der Waals surface area contributed by atoms with E-state index in [9.17, 15) is 31.9 Å². The van der Waals surface area contributed by atoms with E-state index in [1.165, 1.54) is 19.0 Å². The van der Waals surface area contributed by atoms with Gasteiger partial charge in [0.05, 0.1) is 6.54 Å². The molecule has 0 atom stereocenters. The Morgan fingerprint density at radius 2 is 1.73 bits per heavy atom. The highest BCUT2D eigenvalue weighted by Gasteiger charge is 2.32. The molecule has 26 heavy (non-hydrogen) atoms. The molecule has 1 N–H and O–H groups in total. The smallest absolute Gasteiger partial charge is 0.267 e. The maximum Gasteiger partial charge on any atom is 0.267 e. The maximum atomic E-state index is 13.9. The van der Waals surface area contributed by atoms with E-state index in [0.717, 1.165) is 0 Å². The van der Waals surface area contributed by atoms with Gasteiger partial charge < -0.3 is 10.2 Å². The standard InChI is InChI=1S/C15H14F4N4O3/c1-22(2)11(25)6-20-15(26)9-3-4-10(24)23(21-9)14-12(18)7(16)5-8(17)13(14)19/h5H,3-4,6H2,1-2H3,(H,20,26). The summed E-state index contributed by atoms with van der Waals surface area (Å²) < 4.78 is 54.5. The van der Waals surface area contributed by atoms with Gasteiger partial charge in [0.15, 0.2) is 23.3 Å². The fourth-order valence-electron chi connectivity index (χ4n) is 2.05. The van der Waals surface area contributed by atoms with Crippen LogP contribution >= 0.6 is 0 Å². The van der Waals surface area contributed by atoms with Crippen molar-refractivity contribution in [2.45, 2.75) is 12.8 Å². The zero-order valence-electron chi connectivity index (χ0n) is 13.8. The molecule has 0 aromatic heterocycles. The minimum atomic E-state index is -1.81. The SMILES string of the molecule is CN(C)C(=O)CNC(=O)C1=NN(c2c(F)c(F)cc(F)c2F)C(=O)CC1. The minimum Gasteiger partial charge on any atom is -0.347 e. The van der Waals surface area contributed by atoms with Crippen molar-refractivity contribution < 1.29 is 31.9 Å². The molecule has 0 radical (unpaired) electrons. The highest BCUT2D eigenvalue weighted by molar-refractivity contribution is 6.40. The second kappa shape index (κ2) is 7.50. The first-order valence-electron chi connectivity index (χ1n) is 7.35. The van der Waals surface area contributed by atoms with E-state index in [0.29, 0.717) is 0 Å². The average molecular weight is 374 g/mol. The Morgan fingerprint density at radius 3 is 2.27 bits per heavy atom. The third-order valence-corrected chi connectivity index (χ3v) is 3.49. The number of benzene rings is 1. The van der Waals surface area contributed by atoms with Gasteiger partial charge in [0, 0.05) is 33.0 Å². The molecule has 0 spiro atoms. The molecule has 0 saturated heterocycles. The minimum absolute atomic E-state index is 0.00716. The number of nitrogens with zero attached hydrogens (tertiary/aromatic N) is 3. The first-order chi connectivity index (χ1) is 12.1. The number of carbonyl (C=O) groups is 3. The Hall–Kier alpha value is -2.98. The lowest BCUT2D eigenvalue weighted by Gasteiger charge is -2.24. The number of amides is 3. The molecular formula is C15H14F4N4O3. The molecule has 11 heteroatoms. The molecule has 3 amide bonds. The lowest BCUT2D eigenvalue weighted by Crippen LogP contribution is -2.43. The quantitative estimate of drug-likeness (QED) is 0.629. The molecule has 2 rings (SSSR count). The van der Waals surface area contributed by atoms with Crippen molar-refractivity contribution in [3.8, 4) is 0 Å². The normalized spacial score (nSPS) is 14.2. The summed E-state index contributed by atoms with van der Waals surface area (Å²) in [5.74, 6) is -9.28. The van der Waals surface area contributed by atoms with E-state index in [-0.39, 0.29) is 36.2 Å². The molecule has 1 aliphatic heterocycles. The fourth-order valence-corrected chi connectivity index (χ4v) is 2.05. The van der Waals surface area contributed by atoms with Crippen molar-refractivity contribution in [2.75, 3.05) is 25.6 Å². The average Bonchev–Trinajstić information content (AvgIpc) is 2.59. The lowest BCUT2D eigenvalue weighted by atomic mass is 10.1. The van der Waals surface area contributed by atoms with Gasteiger partial charge in [-0.15, -0.1) is 0 Å². The molecular weight excluding hydrogens is 360 g/mol. The zero-order valence-corrected chi connectivity index (χ0v) is 13.8. The Morgan fingerprint density at radius 1 is 1.15 bits per heavy atom. The molecule has 1 aromatic rings. The summed E-state index contributed by atoms with van der Waals surface area (Å²) in [6.45, 7) is -0.365. The van der Waals surface area contributed by atoms with Crippen molar-refractivity contribution in [1.29, 1.82) is 0 Å². The molecule has 1 aliphatic rings. The Bertz CT molecular complexity index is 784. The van der Waals surface area contributed by atoms with Crippen molar-refractivity contribution in [3.63, 3.8) is 0 Å². The van der Waals surface area contributed by atoms with Crippen LogP contribution in [-0.2, 0) is 14.4 Å². The third kappa shape index (κ3) is 3.81. The van der Waals surface area contributed by atoms with E-state index in [4.69, 9.17) is 0 Å². The van der Waals surface area contributed by atoms with Crippen LogP contribution in [0.15, 0.2) is 11.2 Å². The van der Waals surface area contributed by atoms with Crippen LogP contribution in [0.2, 0.25) is 0 Å². The van der Waals surface area contributed by atoms with Crippen molar-refractivity contribution in [2.24, 2.45) is 5.10 Å². The van der Waals surface area contributed by atoms with Crippen molar-refractivity contribution in [1.82, 2.24) is 10.2 Å². The van der Waals surface area contributed by atoms with Crippen LogP contribution in [0.4, 0.5) is 23.2 Å². The predicted octanol–water partition coefficient (Wildman–Crippen LogP) is 0.930. The van der Waals surface area contributed by atoms with Crippen LogP contribution in [0, 0.1) is 23.3 Å². The van der Waals surface area contributed by atoms with Crippen LogP contribution in [0.3, 0.4) is 0 Å². The molecule has 1 aromatic carbocycles. The van der Waals surface area contributed by atoms with Gasteiger partial charge in [0.1, 0.15) is 11.4 Å². The Kier molecular flexibility index (Phi) is 5.58. The zero-order chi connectivity index (χ0) is 19.6. The van der Waals surface area contributed by atoms with E-state index in [1.54, 1.807) is 0 Å². The summed E-state index contributed by atoms with van der Waals surface area (Å²) in [7, 11) is 2.94. The van der Waals surface area contributed by atoms with Gasteiger partial charge >= 0.3 is 0 Å². The largest absolute Gasteiger partial charge is 0.347 e. The number of carbonyl (C=O) groups excluding carboxylic acids is 3. The van der Waals surface area contributed by atoms with Gasteiger partial charge in [0.2, 0.25) is 11.8 Å². The van der Waals surface area contributed by atoms with Gasteiger partial charge in [-0.2, -0.15) is 10.1 Å². The van der Waals surface area contributed by atoms with Gasteiger partial charge in [-0.05, 0) is 0 Å². The Labute approximate surface area is 145 Å². The number of hydrogen-bond donors (Lipinski definition) is 1. The topological polar surface area (TPSA) is 82.1 Å². The summed E-state index contributed by atoms with van der Waals surface area (Å²) in [6.07, 6.45) is -0.538. The van der Waals surface area contributed by atoms with Gasteiger partial charge in [-0.1, -0.05) is 0 Å². The summed E-state index contributed by atoms with van der Waals surface area (Å²) in [4.78, 5) is 36.6. The number of nitrogens with one attached hydrogen (secondary N) is 1. The number of hydrazone groups is 1. The molecule has 0 saturated carbocycles. The monoisotopic (exact) mass is 374 g/mol. The summed E-state index contributed by atoms with van der Waals surface area (Å²) in [5, 5.41) is 5.86. The first kappa shape index (κ1) is 19.3. The van der Waals surface area contributed by atoms with Crippen molar-refractivity contribution in [3.05, 3.63) is 29.3 Å². The number of halogens is 4. The lowest BCUT2D eigenvalue weighted by molar-refractivity contribution is -0.129. The van der Waals surface area contributed by atoms with Crippen molar-refractivity contribution >= 4 is 29.1 Å². The highest BCUT2D eigenvalue weighted by atomic mass is 19.2. The Balaban J connectivity index is 2.33. The molecule has 0 unspecified atom stereocenters. The maximum absolute atomic E-state index is 13.9. The van der Waals surface area contributed by atoms with Crippen LogP contribution in [-0.4, -0.2) is 49.0 Å². The molecule has 7 nitrogen and oxygen atoms in total. The first-order valence-corrected chi connectivity index (χ1v) is 7.35. The third-order valence-electron chi connectivity index (χ3n) is 3.49. The van der Waals surface area contributed by atoms with E-state index >= 15 is 0 Å². The predicted molar refractivity (Wildman–Crippen MR) is 82.1 cm³/mol. The molecule has 0 bridgehead atoms. The number of rotatable bonds is 4. The molecule has 0 fully saturated rings. The number of likely N-dealkylation sites (N-methyl/N-ethyl adjacent to an activating group) is 1. The fraction of sp³-hybridized carbons (Fsp3) is 0.333. The van der Waals surface area contributed by atoms with E-state index in [1.807, 2.05) is 0 Å². The van der Waals surface area contributed by atoms with Crippen LogP contribution < -0.4 is 10.3 Å². The van der Waals surface area contributed by atoms with Gasteiger partial charge in [-0.25, -0.2) is 17.6 Å². The molecule has 1 heterocycles. The second-order valence-corrected chi connectivity index (χ2v) is 5.54. The molecule has 140 valence electrons. The molecule has 0 aliphatic carbocycles. The number of anilines is 1.